The lowest BCUT2D eigenvalue weighted by atomic mass is 10.3. The molecule has 0 aliphatic heterocycles. The van der Waals surface area contributed by atoms with Crippen molar-refractivity contribution in [1.29, 1.82) is 0 Å². The quantitative estimate of drug-likeness (QED) is 0.375. The number of ether oxygens (including phenoxy) is 1. The van der Waals surface area contributed by atoms with E-state index in [0.717, 1.165) is 0 Å². The molecule has 90 valence electrons. The van der Waals surface area contributed by atoms with Crippen LogP contribution in [0.4, 0.5) is 4.39 Å². The van der Waals surface area contributed by atoms with Gasteiger partial charge in [0.15, 0.2) is 0 Å². The van der Waals surface area contributed by atoms with E-state index in [1.807, 2.05) is 0 Å². The van der Waals surface area contributed by atoms with Crippen molar-refractivity contribution in [2.75, 3.05) is 13.2 Å². The maximum atomic E-state index is 13.1. The second-order valence-corrected chi connectivity index (χ2v) is 5.31. The molecule has 15 heavy (non-hydrogen) atoms. The molecule has 0 saturated heterocycles. The van der Waals surface area contributed by atoms with Crippen molar-refractivity contribution >= 4 is 41.0 Å². The molecule has 0 spiro atoms. The van der Waals surface area contributed by atoms with E-state index in [0.29, 0.717) is 0 Å². The van der Waals surface area contributed by atoms with E-state index in [1.54, 1.807) is 13.8 Å². The molecule has 1 amide bonds. The first-order valence-electron chi connectivity index (χ1n) is 4.49. The number of alkyl halides is 1. The largest absolute Gasteiger partial charge is 0.364 e. The van der Waals surface area contributed by atoms with E-state index < -0.39 is 11.4 Å². The third kappa shape index (κ3) is 8.24. The van der Waals surface area contributed by atoms with Gasteiger partial charge in [-0.2, -0.15) is 12.6 Å². The minimum absolute atomic E-state index is 0.0457. The van der Waals surface area contributed by atoms with Crippen LogP contribution in [0.1, 0.15) is 13.8 Å². The van der Waals surface area contributed by atoms with Gasteiger partial charge in [-0.15, -0.1) is 11.7 Å². The van der Waals surface area contributed by atoms with Crippen molar-refractivity contribution < 1.29 is 13.9 Å². The SMILES string of the molecule is CC(OCC(F)CNC(=O)C(C)S)SS. The van der Waals surface area contributed by atoms with Crippen molar-refractivity contribution in [3.05, 3.63) is 0 Å². The lowest BCUT2D eigenvalue weighted by Gasteiger charge is -2.14. The van der Waals surface area contributed by atoms with Crippen LogP contribution in [-0.4, -0.2) is 35.9 Å². The number of hydrogen-bond donors (Lipinski definition) is 3. The van der Waals surface area contributed by atoms with E-state index in [1.165, 1.54) is 10.8 Å². The second kappa shape index (κ2) is 8.55. The summed E-state index contributed by atoms with van der Waals surface area (Å²) in [4.78, 5) is 11.0. The van der Waals surface area contributed by atoms with Crippen LogP contribution in [0.25, 0.3) is 0 Å². The van der Waals surface area contributed by atoms with Crippen molar-refractivity contribution in [2.45, 2.75) is 30.7 Å². The van der Waals surface area contributed by atoms with Gasteiger partial charge in [-0.25, -0.2) is 4.39 Å². The number of halogens is 1. The minimum Gasteiger partial charge on any atom is -0.364 e. The molecule has 0 radical (unpaired) electrons. The Labute approximate surface area is 104 Å². The molecule has 0 fully saturated rings. The molecule has 3 unspecified atom stereocenters. The Morgan fingerprint density at radius 3 is 2.67 bits per heavy atom. The van der Waals surface area contributed by atoms with E-state index in [-0.39, 0.29) is 24.5 Å². The third-order valence-corrected chi connectivity index (χ3v) is 3.10. The van der Waals surface area contributed by atoms with Gasteiger partial charge in [0.05, 0.1) is 18.4 Å². The first kappa shape index (κ1) is 15.4. The van der Waals surface area contributed by atoms with E-state index in [4.69, 9.17) is 4.74 Å². The normalized spacial score (nSPS) is 16.9. The topological polar surface area (TPSA) is 38.3 Å². The molecule has 0 aromatic heterocycles. The summed E-state index contributed by atoms with van der Waals surface area (Å²) < 4.78 is 18.2. The molecule has 0 aliphatic rings. The number of thiol groups is 2. The zero-order chi connectivity index (χ0) is 11.8. The standard InChI is InChI=1S/C8H16FNO2S3/c1-5(13)8(11)10-3-7(9)4-12-6(2)15-14/h5-7,13-14H,3-4H2,1-2H3,(H,10,11). The lowest BCUT2D eigenvalue weighted by molar-refractivity contribution is -0.120. The third-order valence-electron chi connectivity index (χ3n) is 1.54. The maximum absolute atomic E-state index is 13.1. The average molecular weight is 273 g/mol. The molecule has 0 aromatic rings. The molecule has 0 saturated carbocycles. The fourth-order valence-corrected chi connectivity index (χ4v) is 1.10. The van der Waals surface area contributed by atoms with Crippen LogP contribution in [0.2, 0.25) is 0 Å². The summed E-state index contributed by atoms with van der Waals surface area (Å²) in [6, 6.07) is 0. The Balaban J connectivity index is 3.57. The number of carbonyl (C=O) groups excluding carboxylic acids is 1. The zero-order valence-electron chi connectivity index (χ0n) is 8.64. The molecule has 0 aromatic carbocycles. The van der Waals surface area contributed by atoms with Gasteiger partial charge >= 0.3 is 0 Å². The van der Waals surface area contributed by atoms with Crippen LogP contribution in [0.3, 0.4) is 0 Å². The average Bonchev–Trinajstić information content (AvgIpc) is 2.21. The van der Waals surface area contributed by atoms with Crippen LogP contribution < -0.4 is 5.32 Å². The number of nitrogens with one attached hydrogen (secondary N) is 1. The van der Waals surface area contributed by atoms with E-state index in [9.17, 15) is 9.18 Å². The Kier molecular flexibility index (Phi) is 8.78. The number of hydrogen-bond acceptors (Lipinski definition) is 5. The van der Waals surface area contributed by atoms with Gasteiger partial charge < -0.3 is 10.1 Å². The maximum Gasteiger partial charge on any atom is 0.232 e. The Bertz CT molecular complexity index is 195. The Morgan fingerprint density at radius 2 is 2.20 bits per heavy atom. The predicted molar refractivity (Wildman–Crippen MR) is 68.3 cm³/mol. The van der Waals surface area contributed by atoms with Gasteiger partial charge in [0, 0.05) is 0 Å². The van der Waals surface area contributed by atoms with Crippen molar-refractivity contribution in [3.63, 3.8) is 0 Å². The Hall–Kier alpha value is 0.410. The highest BCUT2D eigenvalue weighted by molar-refractivity contribution is 8.68. The van der Waals surface area contributed by atoms with Gasteiger partial charge in [0.25, 0.3) is 0 Å². The molecule has 0 rings (SSSR count). The van der Waals surface area contributed by atoms with Crippen molar-refractivity contribution in [1.82, 2.24) is 5.32 Å². The fourth-order valence-electron chi connectivity index (χ4n) is 0.688. The summed E-state index contributed by atoms with van der Waals surface area (Å²) in [5.74, 6) is -0.280. The van der Waals surface area contributed by atoms with E-state index in [2.05, 4.69) is 29.6 Å². The summed E-state index contributed by atoms with van der Waals surface area (Å²) in [6.07, 6.45) is -1.20. The second-order valence-electron chi connectivity index (χ2n) is 3.02. The molecule has 0 bridgehead atoms. The molecule has 7 heteroatoms. The van der Waals surface area contributed by atoms with Gasteiger partial charge in [-0.1, -0.05) is 10.8 Å². The monoisotopic (exact) mass is 273 g/mol. The highest BCUT2D eigenvalue weighted by Gasteiger charge is 2.13. The fraction of sp³-hybridized carbons (Fsp3) is 0.875. The van der Waals surface area contributed by atoms with Crippen LogP contribution in [0.5, 0.6) is 0 Å². The summed E-state index contributed by atoms with van der Waals surface area (Å²) in [6.45, 7) is 3.31. The predicted octanol–water partition coefficient (Wildman–Crippen LogP) is 1.70. The highest BCUT2D eigenvalue weighted by Crippen LogP contribution is 2.15. The molecule has 3 nitrogen and oxygen atoms in total. The minimum atomic E-state index is -1.20. The summed E-state index contributed by atoms with van der Waals surface area (Å²) in [5.41, 5.74) is -0.161. The number of amides is 1. The van der Waals surface area contributed by atoms with Gasteiger partial charge in [0.1, 0.15) is 11.6 Å². The zero-order valence-corrected chi connectivity index (χ0v) is 11.2. The van der Waals surface area contributed by atoms with Gasteiger partial charge in [0.2, 0.25) is 5.91 Å². The van der Waals surface area contributed by atoms with Crippen molar-refractivity contribution in [2.24, 2.45) is 0 Å². The lowest BCUT2D eigenvalue weighted by Crippen LogP contribution is -2.36. The van der Waals surface area contributed by atoms with E-state index >= 15 is 0 Å². The molecular formula is C8H16FNO2S3. The first-order chi connectivity index (χ1) is 6.97. The van der Waals surface area contributed by atoms with Crippen LogP contribution in [-0.2, 0) is 9.53 Å². The van der Waals surface area contributed by atoms with Crippen LogP contribution in [0.15, 0.2) is 0 Å². The summed E-state index contributed by atoms with van der Waals surface area (Å²) >= 11 is 7.84. The Morgan fingerprint density at radius 1 is 1.60 bits per heavy atom. The molecule has 1 N–H and O–H groups in total. The van der Waals surface area contributed by atoms with Crippen molar-refractivity contribution in [3.8, 4) is 0 Å². The summed E-state index contributed by atoms with van der Waals surface area (Å²) in [7, 11) is 1.20. The number of carbonyl (C=O) groups is 1. The molecule has 0 heterocycles. The first-order valence-corrected chi connectivity index (χ1v) is 6.94. The molecule has 3 atom stereocenters. The van der Waals surface area contributed by atoms with Gasteiger partial charge in [-0.05, 0) is 13.8 Å². The smallest absolute Gasteiger partial charge is 0.232 e. The molecule has 0 aliphatic carbocycles. The van der Waals surface area contributed by atoms with Crippen LogP contribution >= 0.6 is 35.1 Å². The number of rotatable bonds is 7. The van der Waals surface area contributed by atoms with Crippen LogP contribution in [0, 0.1) is 0 Å². The highest BCUT2D eigenvalue weighted by atomic mass is 33.1. The summed E-state index contributed by atoms with van der Waals surface area (Å²) in [5, 5.41) is 2.00. The van der Waals surface area contributed by atoms with Gasteiger partial charge in [-0.3, -0.25) is 4.79 Å². The molecular weight excluding hydrogens is 257 g/mol.